The zero-order chi connectivity index (χ0) is 71.0. The Morgan fingerprint density at radius 3 is 0.816 bits per heavy atom. The van der Waals surface area contributed by atoms with E-state index in [0.29, 0.717) is 310 Å². The lowest BCUT2D eigenvalue weighted by Crippen LogP contribution is -2.45. The number of unbranched alkanes of at least 4 members (excludes halogenated alkanes) is 4. The van der Waals surface area contributed by atoms with Gasteiger partial charge in [0.15, 0.2) is 5.78 Å². The zero-order valence-corrected chi connectivity index (χ0v) is 61.1. The van der Waals surface area contributed by atoms with Gasteiger partial charge in [-0.25, -0.2) is 0 Å². The smallest absolute Gasteiger partial charge is 0.222 e. The van der Waals surface area contributed by atoms with Crippen molar-refractivity contribution in [3.63, 3.8) is 0 Å². The topological polar surface area (TPSA) is 305 Å². The van der Waals surface area contributed by atoms with Crippen molar-refractivity contribution < 1.29 is 128 Å². The molecule has 0 saturated heterocycles. The van der Waals surface area contributed by atoms with Gasteiger partial charge >= 0.3 is 0 Å². The number of rotatable bonds is 86. The monoisotopic (exact) mass is 1420 g/mol. The van der Waals surface area contributed by atoms with Gasteiger partial charge in [0.1, 0.15) is 5.78 Å². The van der Waals surface area contributed by atoms with Gasteiger partial charge in [-0.05, 0) is 51.4 Å². The Balaban J connectivity index is 3.25. The Bertz CT molecular complexity index is 1650. The molecule has 2 atom stereocenters. The fourth-order valence-electron chi connectivity index (χ4n) is 8.35. The van der Waals surface area contributed by atoms with Crippen molar-refractivity contribution in [3.05, 3.63) is 0 Å². The van der Waals surface area contributed by atoms with Gasteiger partial charge in [-0.1, -0.05) is 33.6 Å². The molecule has 0 fully saturated rings. The molecule has 2 N–H and O–H groups in total. The highest BCUT2D eigenvalue weighted by molar-refractivity contribution is 5.92. The third-order valence-electron chi connectivity index (χ3n) is 13.8. The van der Waals surface area contributed by atoms with Crippen molar-refractivity contribution in [1.82, 2.24) is 10.6 Å². The largest absolute Gasteiger partial charge is 0.382 e. The number of hydrogen-bond donors (Lipinski definition) is 2. The normalized spacial score (nSPS) is 12.3. The summed E-state index contributed by atoms with van der Waals surface area (Å²) >= 11 is 0. The summed E-state index contributed by atoms with van der Waals surface area (Å²) in [6.45, 7) is 30.0. The second-order valence-electron chi connectivity index (χ2n) is 22.5. The molecule has 0 unspecified atom stereocenters. The molecule has 0 bridgehead atoms. The van der Waals surface area contributed by atoms with E-state index in [1.807, 2.05) is 20.8 Å². The van der Waals surface area contributed by atoms with Gasteiger partial charge in [0.05, 0.1) is 290 Å². The highest BCUT2D eigenvalue weighted by atomic mass is 16.6. The molecule has 0 aromatic carbocycles. The Labute approximate surface area is 587 Å². The first-order valence-corrected chi connectivity index (χ1v) is 36.0. The number of carbonyl (C=O) groups is 4. The van der Waals surface area contributed by atoms with Gasteiger partial charge in [0.25, 0.3) is 0 Å². The fraction of sp³-hybridized carbons (Fsp3) is 0.942. The van der Waals surface area contributed by atoms with Crippen LogP contribution in [0.25, 0.3) is 0 Å². The summed E-state index contributed by atoms with van der Waals surface area (Å²) in [4.78, 5) is 49.8. The molecule has 0 aliphatic rings. The maximum atomic E-state index is 13.0. The maximum absolute atomic E-state index is 13.0. The first-order chi connectivity index (χ1) is 48.2. The number of carbonyl (C=O) groups excluding carboxylic acids is 4. The van der Waals surface area contributed by atoms with E-state index in [9.17, 15) is 19.2 Å². The summed E-state index contributed by atoms with van der Waals surface area (Å²) in [5, 5.41) is 5.74. The van der Waals surface area contributed by atoms with Crippen molar-refractivity contribution in [2.75, 3.05) is 311 Å². The van der Waals surface area contributed by atoms with Crippen LogP contribution >= 0.6 is 0 Å². The van der Waals surface area contributed by atoms with Gasteiger partial charge in [-0.15, -0.1) is 0 Å². The predicted molar refractivity (Wildman–Crippen MR) is 365 cm³/mol. The second-order valence-corrected chi connectivity index (χ2v) is 22.5. The summed E-state index contributed by atoms with van der Waals surface area (Å²) in [7, 11) is 1.65. The molecule has 0 spiro atoms. The minimum Gasteiger partial charge on any atom is -0.382 e. The van der Waals surface area contributed by atoms with E-state index < -0.39 is 12.0 Å². The summed E-state index contributed by atoms with van der Waals surface area (Å²) in [6, 6.07) is -0.599. The summed E-state index contributed by atoms with van der Waals surface area (Å²) in [5.41, 5.74) is 0. The molecule has 0 aliphatic carbocycles. The molecule has 0 aliphatic heterocycles. The average Bonchev–Trinajstić information content (AvgIpc) is 0.944. The van der Waals surface area contributed by atoms with E-state index in [4.69, 9.17) is 109 Å². The van der Waals surface area contributed by atoms with Gasteiger partial charge in [0.2, 0.25) is 11.8 Å². The van der Waals surface area contributed by atoms with Crippen molar-refractivity contribution >= 4 is 23.4 Å². The lowest BCUT2D eigenvalue weighted by Gasteiger charge is -2.23. The number of nitrogens with one attached hydrogen (secondary N) is 2. The Morgan fingerprint density at radius 1 is 0.296 bits per heavy atom. The van der Waals surface area contributed by atoms with Gasteiger partial charge in [0, 0.05) is 52.0 Å². The molecule has 29 nitrogen and oxygen atoms in total. The average molecular weight is 1420 g/mol. The lowest BCUT2D eigenvalue weighted by atomic mass is 9.87. The number of amides is 2. The van der Waals surface area contributed by atoms with Crippen LogP contribution in [-0.4, -0.2) is 340 Å². The molecule has 0 radical (unpaired) electrons. The van der Waals surface area contributed by atoms with Crippen LogP contribution in [0, 0.1) is 11.8 Å². The molecule has 0 saturated carbocycles. The van der Waals surface area contributed by atoms with E-state index in [1.165, 1.54) is 6.92 Å². The van der Waals surface area contributed by atoms with Gasteiger partial charge in [-0.3, -0.25) is 19.2 Å². The molecule has 2 amide bonds. The van der Waals surface area contributed by atoms with Crippen molar-refractivity contribution in [2.24, 2.45) is 11.8 Å². The standard InChI is InChI=1S/C69H134N2O27/c1-6-7-14-68(75)71-69(63(2)3)66(73)62-65(64(4)72)13-9-10-16-70-67(74)15-19-79-24-27-83-31-33-85-35-37-87-39-41-89-43-45-91-47-49-93-51-53-95-55-57-97-59-61-98-60-58-96-56-54-94-52-50-92-48-46-90-44-42-88-40-38-86-36-34-84-32-30-82-26-23-78-18-12-8-11-17-77-22-25-81-29-28-80-21-20-76-5/h63,65,69H,6-62H2,1-5H3,(H,70,74)(H,71,75)/t65-,69+/m1/s1. The number of ether oxygens (including phenoxy) is 23. The van der Waals surface area contributed by atoms with Gasteiger partial charge < -0.3 is 120 Å². The highest BCUT2D eigenvalue weighted by Gasteiger charge is 2.28. The molecule has 0 heterocycles. The highest BCUT2D eigenvalue weighted by Crippen LogP contribution is 2.18. The molecular weight excluding hydrogens is 1290 g/mol. The van der Waals surface area contributed by atoms with Crippen LogP contribution in [0.4, 0.5) is 0 Å². The van der Waals surface area contributed by atoms with Crippen LogP contribution in [-0.2, 0) is 128 Å². The molecular formula is C69H134N2O27. The SMILES string of the molecule is CCCCC(=O)N[C@H](C(=O)C[C@@H](CCCCNC(=O)CCOCCOCCOCCOCCOCCOCCOCCOCCOCCOCCOCCOCCOCCOCCOCCOCCOCCOCCOCCCCCOCCOCCOCCOC)C(C)=O)C(C)C. The minimum absolute atomic E-state index is 0.0416. The predicted octanol–water partition coefficient (Wildman–Crippen LogP) is 4.34. The second kappa shape index (κ2) is 81.7. The number of ketones is 2. The van der Waals surface area contributed by atoms with Crippen LogP contribution in [0.3, 0.4) is 0 Å². The quantitative estimate of drug-likeness (QED) is 0.0800. The maximum Gasteiger partial charge on any atom is 0.222 e. The van der Waals surface area contributed by atoms with Crippen LogP contribution in [0.1, 0.15) is 98.3 Å². The lowest BCUT2D eigenvalue weighted by molar-refractivity contribution is -0.131. The summed E-state index contributed by atoms with van der Waals surface area (Å²) in [5.74, 6) is -0.869. The van der Waals surface area contributed by atoms with Crippen LogP contribution in [0.2, 0.25) is 0 Å². The number of Topliss-reactive ketones (excluding diaryl/α,β-unsaturated/α-hetero) is 2. The summed E-state index contributed by atoms with van der Waals surface area (Å²) < 4.78 is 127. The minimum atomic E-state index is -0.599. The van der Waals surface area contributed by atoms with E-state index in [0.717, 1.165) is 45.3 Å². The van der Waals surface area contributed by atoms with E-state index in [2.05, 4.69) is 10.6 Å². The fourth-order valence-corrected chi connectivity index (χ4v) is 8.35. The van der Waals surface area contributed by atoms with Gasteiger partial charge in [-0.2, -0.15) is 0 Å². The molecule has 0 rings (SSSR count). The Morgan fingerprint density at radius 2 is 0.561 bits per heavy atom. The van der Waals surface area contributed by atoms with Crippen LogP contribution < -0.4 is 10.6 Å². The molecule has 0 aromatic heterocycles. The van der Waals surface area contributed by atoms with Crippen LogP contribution in [0.15, 0.2) is 0 Å². The number of hydrogen-bond acceptors (Lipinski definition) is 27. The third-order valence-corrected chi connectivity index (χ3v) is 13.8. The van der Waals surface area contributed by atoms with Crippen LogP contribution in [0.5, 0.6) is 0 Å². The zero-order valence-electron chi connectivity index (χ0n) is 61.1. The van der Waals surface area contributed by atoms with Crippen molar-refractivity contribution in [2.45, 2.75) is 104 Å². The number of methoxy groups -OCH3 is 1. The van der Waals surface area contributed by atoms with E-state index in [1.54, 1.807) is 7.11 Å². The molecule has 0 aromatic rings. The van der Waals surface area contributed by atoms with E-state index >= 15 is 0 Å². The van der Waals surface area contributed by atoms with E-state index in [-0.39, 0.29) is 48.7 Å². The summed E-state index contributed by atoms with van der Waals surface area (Å²) in [6.07, 6.45) is 7.39. The Kier molecular flexibility index (Phi) is 79.5. The molecule has 582 valence electrons. The third kappa shape index (κ3) is 76.0. The first-order valence-electron chi connectivity index (χ1n) is 36.0. The first kappa shape index (κ1) is 95.4. The van der Waals surface area contributed by atoms with Crippen molar-refractivity contribution in [3.8, 4) is 0 Å². The molecule has 29 heteroatoms. The van der Waals surface area contributed by atoms with Crippen molar-refractivity contribution in [1.29, 1.82) is 0 Å². The molecule has 98 heavy (non-hydrogen) atoms. The Hall–Kier alpha value is -2.64.